The van der Waals surface area contributed by atoms with Gasteiger partial charge in [-0.1, -0.05) is 11.6 Å². The first-order chi connectivity index (χ1) is 9.43. The van der Waals surface area contributed by atoms with E-state index in [0.29, 0.717) is 16.3 Å². The minimum absolute atomic E-state index is 0.0119. The molecule has 0 atom stereocenters. The number of anilines is 1. The number of aryl methyl sites for hydroxylation is 2. The van der Waals surface area contributed by atoms with E-state index in [1.54, 1.807) is 18.2 Å². The Morgan fingerprint density at radius 3 is 2.80 bits per heavy atom. The Kier molecular flexibility index (Phi) is 4.50. The van der Waals surface area contributed by atoms with E-state index in [9.17, 15) is 4.79 Å². The minimum Gasteiger partial charge on any atom is -0.398 e. The molecule has 0 radical (unpaired) electrons. The third-order valence-corrected chi connectivity index (χ3v) is 4.46. The second-order valence-electron chi connectivity index (χ2n) is 4.50. The molecular formula is C14H15BrClN3O. The standard InChI is InChI=1S/C14H15BrClN3O/c1-3-19-12(14(15)8(2)18-19)7-13(20)9-4-5-11(17)10(16)6-9/h4-6H,3,7,17H2,1-2H3. The Hall–Kier alpha value is -1.33. The molecule has 1 aromatic carbocycles. The van der Waals surface area contributed by atoms with Crippen molar-refractivity contribution in [3.05, 3.63) is 44.6 Å². The second kappa shape index (κ2) is 5.97. The Morgan fingerprint density at radius 1 is 1.50 bits per heavy atom. The number of halogens is 2. The Morgan fingerprint density at radius 2 is 2.20 bits per heavy atom. The maximum atomic E-state index is 12.3. The normalized spacial score (nSPS) is 10.8. The van der Waals surface area contributed by atoms with Crippen LogP contribution in [0, 0.1) is 6.92 Å². The molecule has 1 aromatic heterocycles. The molecular weight excluding hydrogens is 342 g/mol. The van der Waals surface area contributed by atoms with Gasteiger partial charge in [-0.2, -0.15) is 5.10 Å². The highest BCUT2D eigenvalue weighted by Gasteiger charge is 2.17. The largest absolute Gasteiger partial charge is 0.398 e. The van der Waals surface area contributed by atoms with Gasteiger partial charge in [0, 0.05) is 12.1 Å². The van der Waals surface area contributed by atoms with Gasteiger partial charge >= 0.3 is 0 Å². The molecule has 6 heteroatoms. The summed E-state index contributed by atoms with van der Waals surface area (Å²) in [5.74, 6) is -0.0119. The van der Waals surface area contributed by atoms with E-state index in [0.717, 1.165) is 22.4 Å². The first-order valence-electron chi connectivity index (χ1n) is 6.24. The Balaban J connectivity index is 2.30. The summed E-state index contributed by atoms with van der Waals surface area (Å²) < 4.78 is 2.71. The van der Waals surface area contributed by atoms with Gasteiger partial charge in [0.2, 0.25) is 0 Å². The highest BCUT2D eigenvalue weighted by atomic mass is 79.9. The van der Waals surface area contributed by atoms with Crippen LogP contribution in [0.3, 0.4) is 0 Å². The first kappa shape index (κ1) is 15.1. The third-order valence-electron chi connectivity index (χ3n) is 3.10. The monoisotopic (exact) mass is 355 g/mol. The smallest absolute Gasteiger partial charge is 0.168 e. The number of benzene rings is 1. The zero-order valence-electron chi connectivity index (χ0n) is 11.3. The van der Waals surface area contributed by atoms with Crippen molar-refractivity contribution in [1.29, 1.82) is 0 Å². The van der Waals surface area contributed by atoms with Gasteiger partial charge in [0.15, 0.2) is 5.78 Å². The van der Waals surface area contributed by atoms with Crippen LogP contribution in [0.2, 0.25) is 5.02 Å². The Labute approximate surface area is 131 Å². The minimum atomic E-state index is -0.0119. The van der Waals surface area contributed by atoms with Gasteiger partial charge in [-0.3, -0.25) is 9.48 Å². The summed E-state index contributed by atoms with van der Waals surface area (Å²) in [6.07, 6.45) is 0.273. The van der Waals surface area contributed by atoms with E-state index in [1.165, 1.54) is 0 Å². The maximum absolute atomic E-state index is 12.3. The van der Waals surface area contributed by atoms with Crippen LogP contribution >= 0.6 is 27.5 Å². The molecule has 20 heavy (non-hydrogen) atoms. The number of hydrogen-bond acceptors (Lipinski definition) is 3. The molecule has 0 bridgehead atoms. The molecule has 0 saturated carbocycles. The van der Waals surface area contributed by atoms with E-state index in [-0.39, 0.29) is 12.2 Å². The summed E-state index contributed by atoms with van der Waals surface area (Å²) in [6, 6.07) is 4.94. The summed E-state index contributed by atoms with van der Waals surface area (Å²) in [7, 11) is 0. The molecule has 0 unspecified atom stereocenters. The van der Waals surface area contributed by atoms with Crippen molar-refractivity contribution in [2.75, 3.05) is 5.73 Å². The molecule has 0 amide bonds. The summed E-state index contributed by atoms with van der Waals surface area (Å²) in [5.41, 5.74) is 8.43. The maximum Gasteiger partial charge on any atom is 0.168 e. The second-order valence-corrected chi connectivity index (χ2v) is 5.70. The average Bonchev–Trinajstić information content (AvgIpc) is 2.69. The van der Waals surface area contributed by atoms with Crippen molar-refractivity contribution in [1.82, 2.24) is 9.78 Å². The molecule has 2 aromatic rings. The highest BCUT2D eigenvalue weighted by molar-refractivity contribution is 9.10. The lowest BCUT2D eigenvalue weighted by Crippen LogP contribution is -2.10. The van der Waals surface area contributed by atoms with E-state index in [2.05, 4.69) is 21.0 Å². The number of carbonyl (C=O) groups is 1. The molecule has 2 N–H and O–H groups in total. The number of nitrogens with two attached hydrogens (primary N) is 1. The number of Topliss-reactive ketones (excluding diaryl/α,β-unsaturated/α-hetero) is 1. The lowest BCUT2D eigenvalue weighted by molar-refractivity contribution is 0.0990. The van der Waals surface area contributed by atoms with E-state index >= 15 is 0 Å². The van der Waals surface area contributed by atoms with Crippen LogP contribution in [0.4, 0.5) is 5.69 Å². The van der Waals surface area contributed by atoms with Gasteiger partial charge in [0.1, 0.15) is 0 Å². The van der Waals surface area contributed by atoms with Gasteiger partial charge in [-0.25, -0.2) is 0 Å². The summed E-state index contributed by atoms with van der Waals surface area (Å²) >= 11 is 9.44. The van der Waals surface area contributed by atoms with Crippen LogP contribution in [-0.2, 0) is 13.0 Å². The predicted molar refractivity (Wildman–Crippen MR) is 84.2 cm³/mol. The number of nitrogen functional groups attached to an aromatic ring is 1. The van der Waals surface area contributed by atoms with Gasteiger partial charge < -0.3 is 5.73 Å². The van der Waals surface area contributed by atoms with Gasteiger partial charge in [0.25, 0.3) is 0 Å². The van der Waals surface area contributed by atoms with Gasteiger partial charge in [-0.15, -0.1) is 0 Å². The highest BCUT2D eigenvalue weighted by Crippen LogP contribution is 2.24. The van der Waals surface area contributed by atoms with Crippen LogP contribution in [-0.4, -0.2) is 15.6 Å². The molecule has 4 nitrogen and oxygen atoms in total. The molecule has 0 aliphatic heterocycles. The average molecular weight is 357 g/mol. The van der Waals surface area contributed by atoms with Crippen LogP contribution < -0.4 is 5.73 Å². The van der Waals surface area contributed by atoms with Crippen molar-refractivity contribution in [3.63, 3.8) is 0 Å². The number of ketones is 1. The fourth-order valence-corrected chi connectivity index (χ4v) is 2.60. The van der Waals surface area contributed by atoms with Crippen molar-refractivity contribution in [2.45, 2.75) is 26.8 Å². The topological polar surface area (TPSA) is 60.9 Å². The summed E-state index contributed by atoms with van der Waals surface area (Å²) in [4.78, 5) is 12.3. The third kappa shape index (κ3) is 2.88. The lowest BCUT2D eigenvalue weighted by atomic mass is 10.1. The van der Waals surface area contributed by atoms with Gasteiger partial charge in [-0.05, 0) is 48.0 Å². The predicted octanol–water partition coefficient (Wildman–Crippen LogP) is 3.63. The van der Waals surface area contributed by atoms with Crippen molar-refractivity contribution < 1.29 is 4.79 Å². The van der Waals surface area contributed by atoms with Crippen LogP contribution in [0.5, 0.6) is 0 Å². The number of carbonyl (C=O) groups excluding carboxylic acids is 1. The summed E-state index contributed by atoms with van der Waals surface area (Å²) in [5, 5.41) is 4.78. The molecule has 0 aliphatic rings. The molecule has 0 aliphatic carbocycles. The molecule has 0 saturated heterocycles. The van der Waals surface area contributed by atoms with Crippen molar-refractivity contribution in [2.24, 2.45) is 0 Å². The molecule has 0 fully saturated rings. The van der Waals surface area contributed by atoms with Crippen LogP contribution in [0.1, 0.15) is 28.7 Å². The fourth-order valence-electron chi connectivity index (χ4n) is 1.99. The molecule has 2 rings (SSSR count). The quantitative estimate of drug-likeness (QED) is 0.672. The van der Waals surface area contributed by atoms with E-state index < -0.39 is 0 Å². The number of rotatable bonds is 4. The molecule has 0 spiro atoms. The summed E-state index contributed by atoms with van der Waals surface area (Å²) in [6.45, 7) is 4.62. The SMILES string of the molecule is CCn1nc(C)c(Br)c1CC(=O)c1ccc(N)c(Cl)c1. The molecule has 1 heterocycles. The van der Waals surface area contributed by atoms with Crippen molar-refractivity contribution >= 4 is 39.0 Å². The number of nitrogens with zero attached hydrogens (tertiary/aromatic N) is 2. The first-order valence-corrected chi connectivity index (χ1v) is 7.41. The Bertz CT molecular complexity index is 667. The van der Waals surface area contributed by atoms with E-state index in [1.807, 2.05) is 18.5 Å². The molecule has 106 valence electrons. The fraction of sp³-hybridized carbons (Fsp3) is 0.286. The zero-order valence-corrected chi connectivity index (χ0v) is 13.6. The van der Waals surface area contributed by atoms with Crippen molar-refractivity contribution in [3.8, 4) is 0 Å². The zero-order chi connectivity index (χ0) is 14.9. The van der Waals surface area contributed by atoms with Crippen LogP contribution in [0.25, 0.3) is 0 Å². The van der Waals surface area contributed by atoms with Gasteiger partial charge in [0.05, 0.1) is 33.0 Å². The van der Waals surface area contributed by atoms with Crippen LogP contribution in [0.15, 0.2) is 22.7 Å². The number of hydrogen-bond donors (Lipinski definition) is 1. The number of aromatic nitrogens is 2. The van der Waals surface area contributed by atoms with E-state index in [4.69, 9.17) is 17.3 Å². The lowest BCUT2D eigenvalue weighted by Gasteiger charge is -2.06.